The largest absolute Gasteiger partial charge is 0.491 e. The molecule has 0 aliphatic heterocycles. The lowest BCUT2D eigenvalue weighted by molar-refractivity contribution is -0.117. The molecule has 2 aromatic rings. The van der Waals surface area contributed by atoms with Gasteiger partial charge in [-0.1, -0.05) is 30.3 Å². The second-order valence-corrected chi connectivity index (χ2v) is 6.09. The van der Waals surface area contributed by atoms with Gasteiger partial charge in [0.2, 0.25) is 0 Å². The van der Waals surface area contributed by atoms with Gasteiger partial charge in [-0.25, -0.2) is 0 Å². The molecule has 6 heteroatoms. The fraction of sp³-hybridized carbons (Fsp3) is 0.238. The van der Waals surface area contributed by atoms with Gasteiger partial charge in [0.25, 0.3) is 11.8 Å². The zero-order chi connectivity index (χ0) is 19.6. The van der Waals surface area contributed by atoms with Gasteiger partial charge in [0, 0.05) is 12.1 Å². The number of amides is 2. The number of ether oxygens (including phenoxy) is 1. The molecule has 0 radical (unpaired) electrons. The van der Waals surface area contributed by atoms with Crippen molar-refractivity contribution in [1.82, 2.24) is 10.6 Å². The van der Waals surface area contributed by atoms with Gasteiger partial charge in [-0.2, -0.15) is 0 Å². The van der Waals surface area contributed by atoms with Crippen LogP contribution in [0.15, 0.2) is 60.3 Å². The summed E-state index contributed by atoms with van der Waals surface area (Å²) in [5, 5.41) is 14.1. The Morgan fingerprint density at radius 1 is 1.07 bits per heavy atom. The van der Waals surface area contributed by atoms with E-state index in [0.29, 0.717) is 5.56 Å². The van der Waals surface area contributed by atoms with E-state index < -0.39 is 5.91 Å². The lowest BCUT2D eigenvalue weighted by Crippen LogP contribution is -2.36. The molecule has 2 aromatic carbocycles. The van der Waals surface area contributed by atoms with Crippen LogP contribution >= 0.6 is 0 Å². The maximum absolute atomic E-state index is 12.4. The van der Waals surface area contributed by atoms with Crippen LogP contribution in [0.2, 0.25) is 0 Å². The van der Waals surface area contributed by atoms with Crippen molar-refractivity contribution in [2.45, 2.75) is 20.0 Å². The van der Waals surface area contributed by atoms with Crippen LogP contribution in [0.1, 0.15) is 29.8 Å². The normalized spacial score (nSPS) is 11.2. The summed E-state index contributed by atoms with van der Waals surface area (Å²) in [4.78, 5) is 24.8. The average molecular weight is 368 g/mol. The van der Waals surface area contributed by atoms with Crippen molar-refractivity contribution in [2.24, 2.45) is 0 Å². The van der Waals surface area contributed by atoms with E-state index >= 15 is 0 Å². The number of aliphatic hydroxyl groups is 1. The molecule has 0 fully saturated rings. The van der Waals surface area contributed by atoms with Crippen LogP contribution in [0.4, 0.5) is 0 Å². The van der Waals surface area contributed by atoms with Crippen LogP contribution in [0.25, 0.3) is 6.08 Å². The van der Waals surface area contributed by atoms with E-state index in [2.05, 4.69) is 10.6 Å². The number of carbonyl (C=O) groups is 2. The van der Waals surface area contributed by atoms with E-state index in [9.17, 15) is 9.59 Å². The van der Waals surface area contributed by atoms with Crippen molar-refractivity contribution in [3.05, 3.63) is 71.4 Å². The predicted molar refractivity (Wildman–Crippen MR) is 104 cm³/mol. The minimum Gasteiger partial charge on any atom is -0.491 e. The molecule has 27 heavy (non-hydrogen) atoms. The van der Waals surface area contributed by atoms with Gasteiger partial charge in [-0.15, -0.1) is 0 Å². The van der Waals surface area contributed by atoms with E-state index in [1.54, 1.807) is 54.6 Å². The second kappa shape index (κ2) is 10.1. The molecule has 142 valence electrons. The number of hydrogen-bond donors (Lipinski definition) is 3. The van der Waals surface area contributed by atoms with Crippen LogP contribution < -0.4 is 15.4 Å². The minimum atomic E-state index is -0.476. The second-order valence-electron chi connectivity index (χ2n) is 6.09. The molecule has 0 saturated carbocycles. The minimum absolute atomic E-state index is 0.0661. The van der Waals surface area contributed by atoms with Crippen molar-refractivity contribution in [3.8, 4) is 5.75 Å². The van der Waals surface area contributed by atoms with Gasteiger partial charge in [0.1, 0.15) is 11.4 Å². The highest BCUT2D eigenvalue weighted by Crippen LogP contribution is 2.16. The summed E-state index contributed by atoms with van der Waals surface area (Å²) >= 11 is 0. The molecule has 0 aromatic heterocycles. The van der Waals surface area contributed by atoms with Crippen molar-refractivity contribution in [2.75, 3.05) is 13.2 Å². The number of rotatable bonds is 8. The van der Waals surface area contributed by atoms with E-state index in [4.69, 9.17) is 9.84 Å². The summed E-state index contributed by atoms with van der Waals surface area (Å²) in [5.41, 5.74) is 1.27. The van der Waals surface area contributed by atoms with E-state index in [1.165, 1.54) is 0 Å². The Morgan fingerprint density at radius 2 is 1.74 bits per heavy atom. The molecule has 0 saturated heterocycles. The van der Waals surface area contributed by atoms with Crippen LogP contribution in [0.5, 0.6) is 5.75 Å². The summed E-state index contributed by atoms with van der Waals surface area (Å²) in [7, 11) is 0. The summed E-state index contributed by atoms with van der Waals surface area (Å²) in [6.45, 7) is 3.79. The van der Waals surface area contributed by atoms with E-state index in [0.717, 1.165) is 11.3 Å². The maximum atomic E-state index is 12.4. The molecular formula is C21H24N2O4. The molecule has 2 rings (SSSR count). The third-order valence-corrected chi connectivity index (χ3v) is 3.49. The lowest BCUT2D eigenvalue weighted by atomic mass is 10.1. The highest BCUT2D eigenvalue weighted by Gasteiger charge is 2.14. The average Bonchev–Trinajstić information content (AvgIpc) is 2.67. The Bertz CT molecular complexity index is 784. The summed E-state index contributed by atoms with van der Waals surface area (Å²) in [6, 6.07) is 15.8. The van der Waals surface area contributed by atoms with Gasteiger partial charge in [-0.3, -0.25) is 9.59 Å². The van der Waals surface area contributed by atoms with Crippen molar-refractivity contribution in [3.63, 3.8) is 0 Å². The third kappa shape index (κ3) is 6.60. The molecule has 0 aliphatic rings. The van der Waals surface area contributed by atoms with Gasteiger partial charge >= 0.3 is 0 Å². The first-order valence-corrected chi connectivity index (χ1v) is 8.73. The van der Waals surface area contributed by atoms with Gasteiger partial charge in [0.05, 0.1) is 12.7 Å². The lowest BCUT2D eigenvalue weighted by Gasteiger charge is -2.12. The Balaban J connectivity index is 2.21. The quantitative estimate of drug-likeness (QED) is 0.624. The summed E-state index contributed by atoms with van der Waals surface area (Å²) in [6.07, 6.45) is 1.64. The Morgan fingerprint density at radius 3 is 2.33 bits per heavy atom. The number of hydrogen-bond acceptors (Lipinski definition) is 4. The van der Waals surface area contributed by atoms with Crippen LogP contribution in [-0.2, 0) is 4.79 Å². The monoisotopic (exact) mass is 368 g/mol. The predicted octanol–water partition coefficient (Wildman–Crippen LogP) is 2.35. The van der Waals surface area contributed by atoms with Gasteiger partial charge < -0.3 is 20.5 Å². The Hall–Kier alpha value is -3.12. The number of carbonyl (C=O) groups excluding carboxylic acids is 2. The summed E-state index contributed by atoms with van der Waals surface area (Å²) in [5.74, 6) is -0.140. The number of benzene rings is 2. The van der Waals surface area contributed by atoms with E-state index in [1.807, 2.05) is 19.9 Å². The number of aliphatic hydroxyl groups excluding tert-OH is 1. The molecule has 6 nitrogen and oxygen atoms in total. The van der Waals surface area contributed by atoms with Crippen LogP contribution in [0, 0.1) is 0 Å². The zero-order valence-corrected chi connectivity index (χ0v) is 15.4. The fourth-order valence-electron chi connectivity index (χ4n) is 2.29. The van der Waals surface area contributed by atoms with E-state index in [-0.39, 0.29) is 30.9 Å². The molecule has 0 aliphatic carbocycles. The molecule has 3 N–H and O–H groups in total. The smallest absolute Gasteiger partial charge is 0.267 e. The Kier molecular flexibility index (Phi) is 7.58. The summed E-state index contributed by atoms with van der Waals surface area (Å²) < 4.78 is 5.60. The van der Waals surface area contributed by atoms with Crippen molar-refractivity contribution in [1.29, 1.82) is 0 Å². The molecule has 0 heterocycles. The Labute approximate surface area is 158 Å². The SMILES string of the molecule is CC(C)Oc1ccc(/C=C(/NC(=O)c2ccccc2)C(=O)NCCO)cc1. The van der Waals surface area contributed by atoms with Crippen molar-refractivity contribution < 1.29 is 19.4 Å². The first kappa shape index (κ1) is 20.2. The van der Waals surface area contributed by atoms with Crippen LogP contribution in [-0.4, -0.2) is 36.2 Å². The first-order valence-electron chi connectivity index (χ1n) is 8.73. The highest BCUT2D eigenvalue weighted by atomic mass is 16.5. The standard InChI is InChI=1S/C21H24N2O4/c1-15(2)27-18-10-8-16(9-11-18)14-19(21(26)22-12-13-24)23-20(25)17-6-4-3-5-7-17/h3-11,14-15,24H,12-13H2,1-2H3,(H,22,26)(H,23,25)/b19-14+. The topological polar surface area (TPSA) is 87.7 Å². The maximum Gasteiger partial charge on any atom is 0.267 e. The zero-order valence-electron chi connectivity index (χ0n) is 15.4. The molecule has 0 spiro atoms. The van der Waals surface area contributed by atoms with Gasteiger partial charge in [0.15, 0.2) is 0 Å². The molecule has 2 amide bonds. The third-order valence-electron chi connectivity index (χ3n) is 3.49. The molecule has 0 bridgehead atoms. The first-order chi connectivity index (χ1) is 13.0. The fourth-order valence-corrected chi connectivity index (χ4v) is 2.29. The molecule has 0 unspecified atom stereocenters. The van der Waals surface area contributed by atoms with Crippen LogP contribution in [0.3, 0.4) is 0 Å². The highest BCUT2D eigenvalue weighted by molar-refractivity contribution is 6.05. The van der Waals surface area contributed by atoms with Gasteiger partial charge in [-0.05, 0) is 49.8 Å². The molecule has 0 atom stereocenters. The number of nitrogens with one attached hydrogen (secondary N) is 2. The molecular weight excluding hydrogens is 344 g/mol. The van der Waals surface area contributed by atoms with Crippen molar-refractivity contribution >= 4 is 17.9 Å².